The van der Waals surface area contributed by atoms with E-state index in [9.17, 15) is 4.79 Å². The summed E-state index contributed by atoms with van der Waals surface area (Å²) < 4.78 is 5.56. The molecule has 0 saturated carbocycles. The first-order valence-electron chi connectivity index (χ1n) is 6.93. The number of rotatable bonds is 5. The van der Waals surface area contributed by atoms with Crippen LogP contribution in [-0.4, -0.2) is 24.6 Å². The Hall–Kier alpha value is -1.55. The molecule has 1 fully saturated rings. The smallest absolute Gasteiger partial charge is 0.225 e. The highest BCUT2D eigenvalue weighted by Gasteiger charge is 2.17. The van der Waals surface area contributed by atoms with E-state index in [0.29, 0.717) is 12.5 Å². The molecule has 0 aromatic heterocycles. The van der Waals surface area contributed by atoms with Gasteiger partial charge in [0.05, 0.1) is 6.10 Å². The lowest BCUT2D eigenvalue weighted by Crippen LogP contribution is -2.27. The third-order valence-electron chi connectivity index (χ3n) is 3.10. The van der Waals surface area contributed by atoms with Crippen LogP contribution in [0.2, 0.25) is 0 Å². The molecular weight excluding hydrogens is 240 g/mol. The number of amides is 1. The summed E-state index contributed by atoms with van der Waals surface area (Å²) in [5.41, 5.74) is 0.819. The highest BCUT2D eigenvalue weighted by atomic mass is 16.5. The number of hydrogen-bond donors (Lipinski definition) is 2. The summed E-state index contributed by atoms with van der Waals surface area (Å²) in [5, 5.41) is 6.24. The summed E-state index contributed by atoms with van der Waals surface area (Å²) in [6, 6.07) is 7.84. The van der Waals surface area contributed by atoms with Crippen molar-refractivity contribution in [1.82, 2.24) is 5.32 Å². The molecule has 0 radical (unpaired) electrons. The number of hydrogen-bond acceptors (Lipinski definition) is 3. The van der Waals surface area contributed by atoms with Crippen molar-refractivity contribution in [3.05, 3.63) is 24.3 Å². The molecular formula is C15H22N2O2. The van der Waals surface area contributed by atoms with Crippen LogP contribution in [-0.2, 0) is 4.79 Å². The molecule has 1 heterocycles. The van der Waals surface area contributed by atoms with Crippen LogP contribution in [0.4, 0.5) is 5.69 Å². The van der Waals surface area contributed by atoms with Gasteiger partial charge in [-0.1, -0.05) is 0 Å². The minimum Gasteiger partial charge on any atom is -0.491 e. The normalized spacial score (nSPS) is 18.6. The van der Waals surface area contributed by atoms with Crippen LogP contribution in [0.25, 0.3) is 0 Å². The van der Waals surface area contributed by atoms with Crippen molar-refractivity contribution in [2.24, 2.45) is 0 Å². The molecule has 1 atom stereocenters. The van der Waals surface area contributed by atoms with E-state index in [2.05, 4.69) is 10.6 Å². The number of carbonyl (C=O) groups is 1. The molecule has 1 aromatic carbocycles. The van der Waals surface area contributed by atoms with Crippen molar-refractivity contribution >= 4 is 11.6 Å². The maximum Gasteiger partial charge on any atom is 0.225 e. The van der Waals surface area contributed by atoms with Crippen LogP contribution in [0.15, 0.2) is 24.3 Å². The lowest BCUT2D eigenvalue weighted by Gasteiger charge is -2.12. The van der Waals surface area contributed by atoms with Crippen LogP contribution < -0.4 is 15.4 Å². The molecule has 2 rings (SSSR count). The SMILES string of the molecule is CC(C)Oc1ccc(NC(=O)CC2CCCN2)cc1. The maximum absolute atomic E-state index is 11.8. The Morgan fingerprint density at radius 3 is 2.74 bits per heavy atom. The van der Waals surface area contributed by atoms with E-state index in [4.69, 9.17) is 4.74 Å². The van der Waals surface area contributed by atoms with Crippen molar-refractivity contribution in [2.75, 3.05) is 11.9 Å². The fourth-order valence-corrected chi connectivity index (χ4v) is 2.26. The predicted molar refractivity (Wildman–Crippen MR) is 76.5 cm³/mol. The van der Waals surface area contributed by atoms with Gasteiger partial charge in [0, 0.05) is 18.2 Å². The van der Waals surface area contributed by atoms with E-state index in [1.54, 1.807) is 0 Å². The van der Waals surface area contributed by atoms with Gasteiger partial charge in [0.2, 0.25) is 5.91 Å². The standard InChI is InChI=1S/C15H22N2O2/c1-11(2)19-14-7-5-12(6-8-14)17-15(18)10-13-4-3-9-16-13/h5-8,11,13,16H,3-4,9-10H2,1-2H3,(H,17,18). The van der Waals surface area contributed by atoms with E-state index < -0.39 is 0 Å². The Kier molecular flexibility index (Phi) is 4.80. The van der Waals surface area contributed by atoms with Gasteiger partial charge in [-0.2, -0.15) is 0 Å². The number of nitrogens with one attached hydrogen (secondary N) is 2. The Morgan fingerprint density at radius 1 is 1.42 bits per heavy atom. The summed E-state index contributed by atoms with van der Waals surface area (Å²) in [7, 11) is 0. The molecule has 0 spiro atoms. The van der Waals surface area contributed by atoms with E-state index in [-0.39, 0.29) is 12.0 Å². The second-order valence-corrected chi connectivity index (χ2v) is 5.24. The molecule has 1 saturated heterocycles. The number of ether oxygens (including phenoxy) is 1. The Balaban J connectivity index is 1.82. The molecule has 0 aliphatic carbocycles. The third kappa shape index (κ3) is 4.56. The molecule has 2 N–H and O–H groups in total. The van der Waals surface area contributed by atoms with Crippen molar-refractivity contribution in [3.63, 3.8) is 0 Å². The van der Waals surface area contributed by atoms with Crippen molar-refractivity contribution in [3.8, 4) is 5.75 Å². The first-order valence-corrected chi connectivity index (χ1v) is 6.93. The highest BCUT2D eigenvalue weighted by Crippen LogP contribution is 2.17. The summed E-state index contributed by atoms with van der Waals surface area (Å²) in [4.78, 5) is 11.8. The Labute approximate surface area is 114 Å². The van der Waals surface area contributed by atoms with Gasteiger partial charge in [-0.15, -0.1) is 0 Å². The van der Waals surface area contributed by atoms with Gasteiger partial charge in [-0.05, 0) is 57.5 Å². The quantitative estimate of drug-likeness (QED) is 0.857. The topological polar surface area (TPSA) is 50.4 Å². The molecule has 4 heteroatoms. The van der Waals surface area contributed by atoms with Crippen LogP contribution in [0.3, 0.4) is 0 Å². The molecule has 4 nitrogen and oxygen atoms in total. The average Bonchev–Trinajstić information content (AvgIpc) is 2.83. The van der Waals surface area contributed by atoms with Gasteiger partial charge in [0.1, 0.15) is 5.75 Å². The molecule has 1 unspecified atom stereocenters. The summed E-state index contributed by atoms with van der Waals surface area (Å²) >= 11 is 0. The fraction of sp³-hybridized carbons (Fsp3) is 0.533. The maximum atomic E-state index is 11.8. The fourth-order valence-electron chi connectivity index (χ4n) is 2.26. The third-order valence-corrected chi connectivity index (χ3v) is 3.10. The zero-order valence-corrected chi connectivity index (χ0v) is 11.6. The lowest BCUT2D eigenvalue weighted by atomic mass is 10.1. The Morgan fingerprint density at radius 2 is 2.16 bits per heavy atom. The van der Waals surface area contributed by atoms with Crippen LogP contribution in [0, 0.1) is 0 Å². The van der Waals surface area contributed by atoms with Gasteiger partial charge in [-0.3, -0.25) is 4.79 Å². The van der Waals surface area contributed by atoms with Crippen LogP contribution >= 0.6 is 0 Å². The predicted octanol–water partition coefficient (Wildman–Crippen LogP) is 2.55. The van der Waals surface area contributed by atoms with Crippen molar-refractivity contribution < 1.29 is 9.53 Å². The average molecular weight is 262 g/mol. The molecule has 1 amide bonds. The van der Waals surface area contributed by atoms with Gasteiger partial charge in [0.15, 0.2) is 0 Å². The summed E-state index contributed by atoms with van der Waals surface area (Å²) in [6.45, 7) is 5.01. The first kappa shape index (κ1) is 13.9. The van der Waals surface area contributed by atoms with E-state index >= 15 is 0 Å². The second-order valence-electron chi connectivity index (χ2n) is 5.24. The number of carbonyl (C=O) groups excluding carboxylic acids is 1. The second kappa shape index (κ2) is 6.57. The van der Waals surface area contributed by atoms with E-state index in [1.165, 1.54) is 6.42 Å². The Bertz CT molecular complexity index is 409. The van der Waals surface area contributed by atoms with Gasteiger partial charge < -0.3 is 15.4 Å². The van der Waals surface area contributed by atoms with Crippen LogP contribution in [0.1, 0.15) is 33.1 Å². The summed E-state index contributed by atoms with van der Waals surface area (Å²) in [5.74, 6) is 0.891. The van der Waals surface area contributed by atoms with Crippen LogP contribution in [0.5, 0.6) is 5.75 Å². The first-order chi connectivity index (χ1) is 9.13. The lowest BCUT2D eigenvalue weighted by molar-refractivity contribution is -0.116. The summed E-state index contributed by atoms with van der Waals surface area (Å²) in [6.07, 6.45) is 2.96. The monoisotopic (exact) mass is 262 g/mol. The van der Waals surface area contributed by atoms with E-state index in [0.717, 1.165) is 24.4 Å². The zero-order valence-electron chi connectivity index (χ0n) is 11.6. The van der Waals surface area contributed by atoms with Gasteiger partial charge >= 0.3 is 0 Å². The molecule has 19 heavy (non-hydrogen) atoms. The number of anilines is 1. The van der Waals surface area contributed by atoms with Crippen molar-refractivity contribution in [1.29, 1.82) is 0 Å². The highest BCUT2D eigenvalue weighted by molar-refractivity contribution is 5.91. The largest absolute Gasteiger partial charge is 0.491 e. The van der Waals surface area contributed by atoms with E-state index in [1.807, 2.05) is 38.1 Å². The van der Waals surface area contributed by atoms with Gasteiger partial charge in [0.25, 0.3) is 0 Å². The molecule has 1 aliphatic heterocycles. The molecule has 1 aromatic rings. The molecule has 0 bridgehead atoms. The zero-order chi connectivity index (χ0) is 13.7. The minimum atomic E-state index is 0.0666. The molecule has 1 aliphatic rings. The van der Waals surface area contributed by atoms with Gasteiger partial charge in [-0.25, -0.2) is 0 Å². The van der Waals surface area contributed by atoms with Crippen molar-refractivity contribution in [2.45, 2.75) is 45.3 Å². The minimum absolute atomic E-state index is 0.0666. The molecule has 104 valence electrons. The number of benzene rings is 1.